The molecule has 34 heavy (non-hydrogen) atoms. The van der Waals surface area contributed by atoms with Gasteiger partial charge >= 0.3 is 6.09 Å². The lowest BCUT2D eigenvalue weighted by Crippen LogP contribution is -2.59. The fourth-order valence-corrected chi connectivity index (χ4v) is 5.09. The van der Waals surface area contributed by atoms with Crippen LogP contribution in [0.25, 0.3) is 0 Å². The van der Waals surface area contributed by atoms with E-state index in [0.717, 1.165) is 52.0 Å². The molecule has 0 saturated carbocycles. The Morgan fingerprint density at radius 2 is 1.88 bits per heavy atom. The highest BCUT2D eigenvalue weighted by molar-refractivity contribution is 6.32. The fourth-order valence-electron chi connectivity index (χ4n) is 4.84. The number of hydrogen-bond donors (Lipinski definition) is 1. The third-order valence-corrected chi connectivity index (χ3v) is 6.79. The van der Waals surface area contributed by atoms with Crippen molar-refractivity contribution in [2.75, 3.05) is 43.4 Å². The number of anilines is 2. The molecule has 11 heteroatoms. The molecule has 0 bridgehead atoms. The van der Waals surface area contributed by atoms with E-state index in [1.165, 1.54) is 0 Å². The van der Waals surface area contributed by atoms with Crippen molar-refractivity contribution in [2.24, 2.45) is 4.99 Å². The number of carbonyl (C=O) groups excluding carboxylic acids is 1. The second kappa shape index (κ2) is 9.73. The summed E-state index contributed by atoms with van der Waals surface area (Å²) in [7, 11) is 0. The van der Waals surface area contributed by atoms with Crippen LogP contribution in [0.3, 0.4) is 0 Å². The number of carbonyl (C=O) groups is 1. The van der Waals surface area contributed by atoms with Gasteiger partial charge in [0.05, 0.1) is 0 Å². The van der Waals surface area contributed by atoms with Gasteiger partial charge in [-0.25, -0.2) is 19.8 Å². The number of hydrogen-bond acceptors (Lipinski definition) is 9. The summed E-state index contributed by atoms with van der Waals surface area (Å²) in [6.45, 7) is 13.6. The summed E-state index contributed by atoms with van der Waals surface area (Å²) in [6, 6.07) is 0.793. The Labute approximate surface area is 206 Å². The largest absolute Gasteiger partial charge is 0.450 e. The molecular weight excluding hydrogens is 458 g/mol. The predicted octanol–water partition coefficient (Wildman–Crippen LogP) is 3.14. The average Bonchev–Trinajstić information content (AvgIpc) is 2.77. The first-order valence-electron chi connectivity index (χ1n) is 12.1. The van der Waals surface area contributed by atoms with E-state index in [1.807, 2.05) is 32.6 Å². The first kappa shape index (κ1) is 24.8. The number of aromatic nitrogens is 2. The third kappa shape index (κ3) is 5.33. The average molecular weight is 494 g/mol. The van der Waals surface area contributed by atoms with E-state index in [9.17, 15) is 4.79 Å². The zero-order valence-corrected chi connectivity index (χ0v) is 21.5. The molecule has 4 rings (SSSR count). The molecule has 1 unspecified atom stereocenters. The molecule has 1 amide bonds. The van der Waals surface area contributed by atoms with Crippen LogP contribution in [0.1, 0.15) is 59.6 Å². The van der Waals surface area contributed by atoms with E-state index in [4.69, 9.17) is 26.8 Å². The summed E-state index contributed by atoms with van der Waals surface area (Å²) in [5, 5.41) is 0.309. The minimum Gasteiger partial charge on any atom is -0.450 e. The smallest absolute Gasteiger partial charge is 0.410 e. The van der Waals surface area contributed by atoms with Gasteiger partial charge < -0.3 is 25.0 Å². The van der Waals surface area contributed by atoms with Crippen LogP contribution in [0.15, 0.2) is 4.99 Å². The first-order chi connectivity index (χ1) is 16.1. The van der Waals surface area contributed by atoms with E-state index in [1.54, 1.807) is 0 Å². The highest BCUT2D eigenvalue weighted by Gasteiger charge is 2.36. The van der Waals surface area contributed by atoms with Crippen molar-refractivity contribution >= 4 is 35.2 Å². The Hall–Kier alpha value is -2.33. The number of piperazine rings is 1. The molecule has 3 aliphatic rings. The number of piperidine rings is 1. The van der Waals surface area contributed by atoms with Crippen LogP contribution < -0.4 is 10.6 Å². The summed E-state index contributed by atoms with van der Waals surface area (Å²) in [5.41, 5.74) is 6.09. The molecule has 0 aliphatic carbocycles. The number of nitrogen functional groups attached to an aromatic ring is 1. The van der Waals surface area contributed by atoms with Gasteiger partial charge in [-0.15, -0.1) is 0 Å². The summed E-state index contributed by atoms with van der Waals surface area (Å²) in [4.78, 5) is 32.2. The number of aliphatic imine (C=N–C) groups is 1. The van der Waals surface area contributed by atoms with E-state index >= 15 is 0 Å². The second-order valence-electron chi connectivity index (χ2n) is 10.2. The van der Waals surface area contributed by atoms with Crippen LogP contribution in [0.2, 0.25) is 5.15 Å². The Balaban J connectivity index is 1.38. The minimum atomic E-state index is -0.472. The monoisotopic (exact) mass is 493 g/mol. The quantitative estimate of drug-likeness (QED) is 0.681. The van der Waals surface area contributed by atoms with Crippen LogP contribution in [-0.4, -0.2) is 88.4 Å². The number of amides is 1. The van der Waals surface area contributed by atoms with Gasteiger partial charge in [-0.2, -0.15) is 0 Å². The number of ether oxygens (including phenoxy) is 2. The van der Waals surface area contributed by atoms with Crippen LogP contribution in [0.5, 0.6) is 0 Å². The van der Waals surface area contributed by atoms with Gasteiger partial charge in [-0.1, -0.05) is 18.5 Å². The minimum absolute atomic E-state index is 0.191. The van der Waals surface area contributed by atoms with Crippen molar-refractivity contribution in [3.8, 4) is 0 Å². The Kier molecular flexibility index (Phi) is 7.09. The molecule has 1 aromatic rings. The van der Waals surface area contributed by atoms with Crippen molar-refractivity contribution in [3.05, 3.63) is 10.8 Å². The lowest BCUT2D eigenvalue weighted by molar-refractivity contribution is 0.00944. The van der Waals surface area contributed by atoms with Crippen molar-refractivity contribution in [3.63, 3.8) is 0 Å². The van der Waals surface area contributed by atoms with E-state index in [0.29, 0.717) is 34.6 Å². The third-order valence-electron chi connectivity index (χ3n) is 6.53. The number of likely N-dealkylation sites (tertiary alicyclic amines) is 1. The van der Waals surface area contributed by atoms with Crippen molar-refractivity contribution in [1.29, 1.82) is 0 Å². The molecular formula is C23H36ClN7O3. The fraction of sp³-hybridized carbons (Fsp3) is 0.739. The molecule has 2 saturated heterocycles. The standard InChI is InChI=1S/C23H36ClN7O3/c1-6-15-13-30(20-18(24)27-17(19(25)28-20)21-26-14(2)33-21)11-12-31(15)16-7-9-29(10-8-16)22(32)34-23(3,4)5/h14-16H,6-13H2,1-5H3,(H2,25,28)/t14?,15-/m0/s1. The molecule has 0 aromatic carbocycles. The molecule has 4 heterocycles. The summed E-state index contributed by atoms with van der Waals surface area (Å²) >= 11 is 6.52. The number of nitrogens with zero attached hydrogens (tertiary/aromatic N) is 6. The van der Waals surface area contributed by atoms with E-state index in [2.05, 4.69) is 31.7 Å². The van der Waals surface area contributed by atoms with Crippen molar-refractivity contribution in [1.82, 2.24) is 19.8 Å². The summed E-state index contributed by atoms with van der Waals surface area (Å²) in [5.74, 6) is 1.27. The first-order valence-corrected chi connectivity index (χ1v) is 12.5. The van der Waals surface area contributed by atoms with Crippen LogP contribution in [-0.2, 0) is 9.47 Å². The van der Waals surface area contributed by atoms with Gasteiger partial charge in [0.1, 0.15) is 5.60 Å². The molecule has 10 nitrogen and oxygen atoms in total. The molecule has 2 atom stereocenters. The Morgan fingerprint density at radius 1 is 1.21 bits per heavy atom. The normalized spacial score (nSPS) is 24.4. The van der Waals surface area contributed by atoms with Gasteiger partial charge in [0, 0.05) is 44.8 Å². The van der Waals surface area contributed by atoms with Gasteiger partial charge in [-0.05, 0) is 47.0 Å². The molecule has 2 N–H and O–H groups in total. The van der Waals surface area contributed by atoms with Gasteiger partial charge in [0.15, 0.2) is 28.7 Å². The number of halogens is 1. The van der Waals surface area contributed by atoms with Gasteiger partial charge in [0.25, 0.3) is 0 Å². The van der Waals surface area contributed by atoms with Gasteiger partial charge in [0.2, 0.25) is 5.90 Å². The molecule has 1 aromatic heterocycles. The Bertz CT molecular complexity index is 943. The lowest BCUT2D eigenvalue weighted by Gasteiger charge is -2.47. The summed E-state index contributed by atoms with van der Waals surface area (Å²) in [6.07, 6.45) is 2.48. The van der Waals surface area contributed by atoms with Gasteiger partial charge in [-0.3, -0.25) is 4.90 Å². The highest BCUT2D eigenvalue weighted by Crippen LogP contribution is 2.31. The maximum absolute atomic E-state index is 12.4. The highest BCUT2D eigenvalue weighted by atomic mass is 35.5. The Morgan fingerprint density at radius 3 is 2.47 bits per heavy atom. The van der Waals surface area contributed by atoms with E-state index in [-0.39, 0.29) is 18.1 Å². The molecule has 2 fully saturated rings. The molecule has 0 spiro atoms. The maximum atomic E-state index is 12.4. The van der Waals surface area contributed by atoms with Crippen molar-refractivity contribution < 1.29 is 14.3 Å². The zero-order valence-electron chi connectivity index (χ0n) is 20.8. The number of nitrogens with two attached hydrogens (primary N) is 1. The van der Waals surface area contributed by atoms with Crippen molar-refractivity contribution in [2.45, 2.75) is 77.8 Å². The van der Waals surface area contributed by atoms with Crippen LogP contribution >= 0.6 is 11.6 Å². The molecule has 0 radical (unpaired) electrons. The van der Waals surface area contributed by atoms with Crippen LogP contribution in [0.4, 0.5) is 16.4 Å². The lowest BCUT2D eigenvalue weighted by atomic mass is 9.98. The summed E-state index contributed by atoms with van der Waals surface area (Å²) < 4.78 is 11.0. The molecule has 188 valence electrons. The predicted molar refractivity (Wildman–Crippen MR) is 132 cm³/mol. The topological polar surface area (TPSA) is 109 Å². The maximum Gasteiger partial charge on any atom is 0.410 e. The number of rotatable bonds is 4. The zero-order chi connectivity index (χ0) is 24.6. The molecule has 3 aliphatic heterocycles. The van der Waals surface area contributed by atoms with Crippen LogP contribution in [0, 0.1) is 0 Å². The van der Waals surface area contributed by atoms with E-state index < -0.39 is 5.60 Å². The second-order valence-corrected chi connectivity index (χ2v) is 10.5. The SMILES string of the molecule is CC[C@H]1CN(c2nc(N)c(C3=NC(C)O3)nc2Cl)CCN1C1CCN(C(=O)OC(C)(C)C)CC1.